The molecule has 89 heavy (non-hydrogen) atoms. The lowest BCUT2D eigenvalue weighted by Crippen LogP contribution is -2.06. The summed E-state index contributed by atoms with van der Waals surface area (Å²) in [5.74, 6) is 1.91. The van der Waals surface area contributed by atoms with Crippen molar-refractivity contribution < 1.29 is 8.83 Å². The third-order valence-electron chi connectivity index (χ3n) is 17.0. The highest BCUT2D eigenvalue weighted by atomic mass is 16.3. The van der Waals surface area contributed by atoms with Crippen molar-refractivity contribution in [3.05, 3.63) is 277 Å². The number of benzene rings is 11. The molecule has 0 bridgehead atoms. The van der Waals surface area contributed by atoms with Gasteiger partial charge in [-0.25, -0.2) is 15.0 Å². The lowest BCUT2D eigenvalue weighted by Gasteiger charge is -2.19. The Bertz CT molecular complexity index is 5790. The molecule has 0 spiro atoms. The van der Waals surface area contributed by atoms with Gasteiger partial charge in [-0.3, -0.25) is 0 Å². The predicted molar refractivity (Wildman–Crippen MR) is 355 cm³/mol. The van der Waals surface area contributed by atoms with Gasteiger partial charge in [0.2, 0.25) is 0 Å². The average molecular weight is 1140 g/mol. The fourth-order valence-electron chi connectivity index (χ4n) is 12.9. The van der Waals surface area contributed by atoms with Crippen LogP contribution in [0.1, 0.15) is 27.9 Å². The van der Waals surface area contributed by atoms with Crippen LogP contribution in [0.3, 0.4) is 0 Å². The van der Waals surface area contributed by atoms with E-state index in [9.17, 15) is 15.8 Å². The van der Waals surface area contributed by atoms with Gasteiger partial charge in [0.25, 0.3) is 0 Å². The number of nitriles is 3. The van der Waals surface area contributed by atoms with Gasteiger partial charge in [0.05, 0.1) is 79.5 Å². The second kappa shape index (κ2) is 20.8. The maximum Gasteiger partial charge on any atom is 0.166 e. The van der Waals surface area contributed by atoms with E-state index in [4.69, 9.17) is 23.8 Å². The highest BCUT2D eigenvalue weighted by Gasteiger charge is 2.28. The van der Waals surface area contributed by atoms with Crippen LogP contribution in [0.5, 0.6) is 0 Å². The van der Waals surface area contributed by atoms with Gasteiger partial charge in [0.1, 0.15) is 22.5 Å². The van der Waals surface area contributed by atoms with E-state index < -0.39 is 0 Å². The third-order valence-corrected chi connectivity index (χ3v) is 17.0. The molecule has 10 heteroatoms. The van der Waals surface area contributed by atoms with Crippen molar-refractivity contribution in [3.63, 3.8) is 0 Å². The van der Waals surface area contributed by atoms with Crippen LogP contribution in [-0.2, 0) is 0 Å². The maximum atomic E-state index is 10.2. The minimum Gasteiger partial charge on any atom is -0.456 e. The molecule has 0 amide bonds. The number of fused-ring (bicyclic) bond motifs is 9. The standard InChI is InChI=1S/C79H46N8O2/c1-3-65-73(75-47(2)58-24-6-10-30-71(58)88-75)61-26-4-8-28-66(61)86(65)69-42-55(52-20-13-17-49(39-52)45-81)32-34-63(69)78-83-77(57-23-15-22-54(41-57)51-19-12-16-48(38-51)44-80)84-79(85-78)64-35-33-56(53-21-14-18-50(40-53)46-82)43-70(64)87-67-29-9-5-27-62(67)74-68(87)37-36-60-59-25-7-11-31-72(59)89-76(60)74/h3-43H,1H2,2H3. The van der Waals surface area contributed by atoms with Crippen LogP contribution in [0, 0.1) is 40.9 Å². The van der Waals surface area contributed by atoms with Crippen molar-refractivity contribution in [2.75, 3.05) is 0 Å². The fourth-order valence-corrected chi connectivity index (χ4v) is 12.9. The molecule has 0 atom stereocenters. The first-order valence-corrected chi connectivity index (χ1v) is 29.1. The first-order chi connectivity index (χ1) is 43.8. The van der Waals surface area contributed by atoms with Crippen LogP contribution < -0.4 is 0 Å². The van der Waals surface area contributed by atoms with Crippen LogP contribution in [0.4, 0.5) is 0 Å². The third kappa shape index (κ3) is 8.50. The molecule has 414 valence electrons. The molecule has 0 radical (unpaired) electrons. The summed E-state index contributed by atoms with van der Waals surface area (Å²) in [6.45, 7) is 6.60. The maximum absolute atomic E-state index is 10.2. The Morgan fingerprint density at radius 1 is 0.393 bits per heavy atom. The van der Waals surface area contributed by atoms with Gasteiger partial charge in [-0.2, -0.15) is 15.8 Å². The second-order valence-electron chi connectivity index (χ2n) is 22.1. The van der Waals surface area contributed by atoms with Crippen molar-refractivity contribution in [3.8, 4) is 108 Å². The largest absolute Gasteiger partial charge is 0.456 e. The minimum atomic E-state index is 0.381. The lowest BCUT2D eigenvalue weighted by molar-refractivity contribution is 0.629. The van der Waals surface area contributed by atoms with Gasteiger partial charge in [-0.05, 0) is 150 Å². The smallest absolute Gasteiger partial charge is 0.166 e. The number of aryl methyl sites for hydroxylation is 1. The second-order valence-corrected chi connectivity index (χ2v) is 22.1. The summed E-state index contributed by atoms with van der Waals surface area (Å²) < 4.78 is 18.1. The summed E-state index contributed by atoms with van der Waals surface area (Å²) in [5, 5.41) is 36.3. The van der Waals surface area contributed by atoms with Crippen molar-refractivity contribution in [2.45, 2.75) is 6.92 Å². The van der Waals surface area contributed by atoms with E-state index >= 15 is 0 Å². The molecule has 16 rings (SSSR count). The lowest BCUT2D eigenvalue weighted by atomic mass is 9.99. The number of aromatic nitrogens is 5. The molecule has 0 N–H and O–H groups in total. The van der Waals surface area contributed by atoms with Crippen LogP contribution in [0.25, 0.3) is 162 Å². The number of para-hydroxylation sites is 4. The van der Waals surface area contributed by atoms with Gasteiger partial charge in [-0.1, -0.05) is 146 Å². The van der Waals surface area contributed by atoms with Gasteiger partial charge in [-0.15, -0.1) is 0 Å². The van der Waals surface area contributed by atoms with Gasteiger partial charge in [0.15, 0.2) is 17.5 Å². The summed E-state index contributed by atoms with van der Waals surface area (Å²) in [6.07, 6.45) is 1.89. The van der Waals surface area contributed by atoms with Crippen LogP contribution >= 0.6 is 0 Å². The predicted octanol–water partition coefficient (Wildman–Crippen LogP) is 19.8. The van der Waals surface area contributed by atoms with E-state index in [0.717, 1.165) is 139 Å². The molecule has 10 nitrogen and oxygen atoms in total. The van der Waals surface area contributed by atoms with Crippen LogP contribution in [0.15, 0.2) is 258 Å². The Morgan fingerprint density at radius 2 is 0.865 bits per heavy atom. The molecule has 0 unspecified atom stereocenters. The highest BCUT2D eigenvalue weighted by molar-refractivity contribution is 6.24. The molecule has 0 aliphatic heterocycles. The number of furan rings is 2. The van der Waals surface area contributed by atoms with Gasteiger partial charge < -0.3 is 18.0 Å². The Morgan fingerprint density at radius 3 is 1.45 bits per heavy atom. The summed E-state index contributed by atoms with van der Waals surface area (Å²) in [5.41, 5.74) is 18.3. The van der Waals surface area contributed by atoms with E-state index in [1.54, 1.807) is 6.07 Å². The van der Waals surface area contributed by atoms with E-state index in [-0.39, 0.29) is 0 Å². The monoisotopic (exact) mass is 1140 g/mol. The molecule has 5 heterocycles. The Hall–Kier alpha value is -12.7. The first-order valence-electron chi connectivity index (χ1n) is 29.1. The zero-order valence-electron chi connectivity index (χ0n) is 47.8. The molecular weight excluding hydrogens is 1090 g/mol. The average Bonchev–Trinajstić information content (AvgIpc) is 1.61. The number of hydrogen-bond acceptors (Lipinski definition) is 8. The minimum absolute atomic E-state index is 0.381. The Kier molecular flexibility index (Phi) is 12.2. The molecule has 0 saturated heterocycles. The molecule has 0 fully saturated rings. The van der Waals surface area contributed by atoms with Crippen LogP contribution in [0.2, 0.25) is 0 Å². The van der Waals surface area contributed by atoms with Crippen molar-refractivity contribution in [2.24, 2.45) is 0 Å². The first kappa shape index (κ1) is 51.9. The van der Waals surface area contributed by atoms with Gasteiger partial charge in [0, 0.05) is 49.2 Å². The topological polar surface area (TPSA) is 146 Å². The molecule has 16 aromatic rings. The number of nitrogens with zero attached hydrogens (tertiary/aromatic N) is 8. The number of hydrogen-bond donors (Lipinski definition) is 0. The molecule has 0 aliphatic carbocycles. The van der Waals surface area contributed by atoms with E-state index in [1.807, 2.05) is 140 Å². The summed E-state index contributed by atoms with van der Waals surface area (Å²) >= 11 is 0. The Balaban J connectivity index is 1.01. The van der Waals surface area contributed by atoms with Crippen LogP contribution in [-0.4, -0.2) is 24.1 Å². The SMILES string of the molecule is C=Cc1c(-c2oc3ccccc3c2C)c2ccccc2n1-c1cc(-c2cccc(C#N)c2)ccc1-c1nc(-c2cccc(-c3cccc(C#N)c3)c2)nc(-c2ccc(-c3cccc(C#N)c3)cc2-n2c3ccccc3c3c4oc5ccccc5c4ccc32)n1. The summed E-state index contributed by atoms with van der Waals surface area (Å²) in [6, 6.07) is 87.7. The van der Waals surface area contributed by atoms with Crippen molar-refractivity contribution >= 4 is 71.7 Å². The van der Waals surface area contributed by atoms with Crippen molar-refractivity contribution in [1.29, 1.82) is 15.8 Å². The Labute approximate surface area is 510 Å². The molecule has 11 aromatic carbocycles. The molecular formula is C79H46N8O2. The van der Waals surface area contributed by atoms with E-state index in [2.05, 4.69) is 144 Å². The van der Waals surface area contributed by atoms with Gasteiger partial charge >= 0.3 is 0 Å². The highest BCUT2D eigenvalue weighted by Crippen LogP contribution is 2.47. The van der Waals surface area contributed by atoms with Crippen molar-refractivity contribution in [1.82, 2.24) is 24.1 Å². The van der Waals surface area contributed by atoms with E-state index in [1.165, 1.54) is 0 Å². The zero-order chi connectivity index (χ0) is 59.9. The molecule has 0 aliphatic rings. The van der Waals surface area contributed by atoms with E-state index in [0.29, 0.717) is 45.3 Å². The quantitative estimate of drug-likeness (QED) is 0.132. The number of rotatable bonds is 10. The normalized spacial score (nSPS) is 11.4. The summed E-state index contributed by atoms with van der Waals surface area (Å²) in [7, 11) is 0. The molecule has 0 saturated carbocycles. The molecule has 5 aromatic heterocycles. The fraction of sp³-hybridized carbons (Fsp3) is 0.0127. The zero-order valence-corrected chi connectivity index (χ0v) is 47.8. The summed E-state index contributed by atoms with van der Waals surface area (Å²) in [4.78, 5) is 16.7.